The maximum atomic E-state index is 11.1. The third-order valence-corrected chi connectivity index (χ3v) is 1.61. The summed E-state index contributed by atoms with van der Waals surface area (Å²) in [6.07, 6.45) is -0.530. The third-order valence-electron chi connectivity index (χ3n) is 1.61. The summed E-state index contributed by atoms with van der Waals surface area (Å²) >= 11 is 0. The number of hydrogen-bond donors (Lipinski definition) is 2. The van der Waals surface area contributed by atoms with Crippen molar-refractivity contribution in [1.82, 2.24) is 10.2 Å². The fourth-order valence-corrected chi connectivity index (χ4v) is 1.06. The molecule has 6 nitrogen and oxygen atoms in total. The minimum atomic E-state index is -0.614. The van der Waals surface area contributed by atoms with Crippen LogP contribution in [0.4, 0.5) is 0 Å². The van der Waals surface area contributed by atoms with Gasteiger partial charge in [-0.1, -0.05) is 0 Å². The molecule has 0 aliphatic carbocycles. The molecule has 0 spiro atoms. The topological polar surface area (TPSA) is 92.5 Å². The van der Waals surface area contributed by atoms with Crippen LogP contribution in [0.5, 0.6) is 0 Å². The Hall–Kier alpha value is -1.59. The summed E-state index contributed by atoms with van der Waals surface area (Å²) in [5.74, 6) is -1.20. The molecule has 3 amide bonds. The van der Waals surface area contributed by atoms with Crippen molar-refractivity contribution in [3.63, 3.8) is 0 Å². The molecule has 0 aliphatic rings. The van der Waals surface area contributed by atoms with Gasteiger partial charge in [0.15, 0.2) is 0 Å². The van der Waals surface area contributed by atoms with Crippen molar-refractivity contribution in [2.24, 2.45) is 5.73 Å². The molecule has 0 fully saturated rings. The number of rotatable bonds is 4. The zero-order chi connectivity index (χ0) is 11.3. The Bertz CT molecular complexity index is 252. The summed E-state index contributed by atoms with van der Waals surface area (Å²) in [5, 5.41) is 2.49. The van der Waals surface area contributed by atoms with Crippen molar-refractivity contribution in [1.29, 1.82) is 0 Å². The van der Waals surface area contributed by atoms with Gasteiger partial charge in [0.25, 0.3) is 0 Å². The number of primary amides is 1. The molecule has 0 saturated heterocycles. The molecule has 0 rings (SSSR count). The third kappa shape index (κ3) is 4.44. The second-order valence-corrected chi connectivity index (χ2v) is 2.99. The minimum absolute atomic E-state index is 0.198. The Morgan fingerprint density at radius 2 is 1.86 bits per heavy atom. The Morgan fingerprint density at radius 3 is 2.14 bits per heavy atom. The van der Waals surface area contributed by atoms with Crippen LogP contribution in [0.3, 0.4) is 0 Å². The van der Waals surface area contributed by atoms with E-state index in [0.29, 0.717) is 0 Å². The fraction of sp³-hybridized carbons (Fsp3) is 0.625. The van der Waals surface area contributed by atoms with Crippen LogP contribution in [-0.4, -0.2) is 35.3 Å². The molecule has 0 radical (unpaired) electrons. The van der Waals surface area contributed by atoms with Gasteiger partial charge in [-0.25, -0.2) is 0 Å². The summed E-state index contributed by atoms with van der Waals surface area (Å²) in [5.41, 5.74) is 4.95. The summed E-state index contributed by atoms with van der Waals surface area (Å²) in [6.45, 7) is 4.04. The first-order chi connectivity index (χ1) is 6.34. The maximum absolute atomic E-state index is 11.1. The highest BCUT2D eigenvalue weighted by molar-refractivity contribution is 5.83. The summed E-state index contributed by atoms with van der Waals surface area (Å²) in [7, 11) is 0. The van der Waals surface area contributed by atoms with Gasteiger partial charge in [0.2, 0.25) is 17.7 Å². The van der Waals surface area contributed by atoms with Crippen LogP contribution < -0.4 is 11.1 Å². The number of carbonyl (C=O) groups is 3. The molecule has 0 aromatic rings. The highest BCUT2D eigenvalue weighted by atomic mass is 16.2. The van der Waals surface area contributed by atoms with Crippen molar-refractivity contribution in [2.75, 3.05) is 6.54 Å². The van der Waals surface area contributed by atoms with Gasteiger partial charge < -0.3 is 16.0 Å². The summed E-state index contributed by atoms with van der Waals surface area (Å²) < 4.78 is 0. The van der Waals surface area contributed by atoms with Crippen molar-refractivity contribution >= 4 is 17.7 Å². The fourth-order valence-electron chi connectivity index (χ4n) is 1.06. The van der Waals surface area contributed by atoms with Crippen LogP contribution in [-0.2, 0) is 14.4 Å². The maximum Gasteiger partial charge on any atom is 0.237 e. The highest BCUT2D eigenvalue weighted by Gasteiger charge is 2.18. The van der Waals surface area contributed by atoms with Crippen LogP contribution in [0.25, 0.3) is 0 Å². The highest BCUT2D eigenvalue weighted by Crippen LogP contribution is 1.95. The van der Waals surface area contributed by atoms with Crippen molar-refractivity contribution in [3.05, 3.63) is 0 Å². The quantitative estimate of drug-likeness (QED) is 0.560. The molecule has 1 unspecified atom stereocenters. The van der Waals surface area contributed by atoms with E-state index in [1.165, 1.54) is 18.7 Å². The van der Waals surface area contributed by atoms with Crippen LogP contribution in [0.15, 0.2) is 0 Å². The first-order valence-electron chi connectivity index (χ1n) is 4.17. The van der Waals surface area contributed by atoms with Gasteiger partial charge in [0.05, 0.1) is 0 Å². The average Bonchev–Trinajstić information content (AvgIpc) is 1.97. The van der Waals surface area contributed by atoms with E-state index in [0.717, 1.165) is 0 Å². The number of carbonyl (C=O) groups excluding carboxylic acids is 3. The van der Waals surface area contributed by atoms with Gasteiger partial charge in [-0.15, -0.1) is 0 Å². The van der Waals surface area contributed by atoms with Crippen molar-refractivity contribution in [3.8, 4) is 0 Å². The molecular formula is C8H15N3O3. The Kier molecular flexibility index (Phi) is 4.62. The van der Waals surface area contributed by atoms with E-state index in [2.05, 4.69) is 5.32 Å². The molecule has 0 aromatic heterocycles. The van der Waals surface area contributed by atoms with E-state index in [1.807, 2.05) is 0 Å². The molecule has 0 saturated carbocycles. The molecule has 6 heteroatoms. The number of nitrogens with one attached hydrogen (secondary N) is 1. The predicted octanol–water partition coefficient (Wildman–Crippen LogP) is -1.20. The van der Waals surface area contributed by atoms with Crippen molar-refractivity contribution in [2.45, 2.75) is 26.9 Å². The lowest BCUT2D eigenvalue weighted by Crippen LogP contribution is -2.50. The predicted molar refractivity (Wildman–Crippen MR) is 49.9 cm³/mol. The molecule has 1 atom stereocenters. The van der Waals surface area contributed by atoms with Crippen LogP contribution in [0, 0.1) is 0 Å². The number of hydrogen-bond acceptors (Lipinski definition) is 3. The molecule has 3 N–H and O–H groups in total. The first-order valence-corrected chi connectivity index (χ1v) is 4.17. The summed E-state index contributed by atoms with van der Waals surface area (Å²) in [4.78, 5) is 33.6. The monoisotopic (exact) mass is 201 g/mol. The number of nitrogens with zero attached hydrogens (tertiary/aromatic N) is 1. The van der Waals surface area contributed by atoms with Crippen molar-refractivity contribution < 1.29 is 14.4 Å². The molecule has 80 valence electrons. The summed E-state index contributed by atoms with van der Waals surface area (Å²) in [6, 6.07) is 0. The number of amides is 3. The Balaban J connectivity index is 4.40. The molecule has 0 heterocycles. The zero-order valence-electron chi connectivity index (χ0n) is 8.53. The van der Waals surface area contributed by atoms with Crippen LogP contribution in [0.2, 0.25) is 0 Å². The molecule has 0 aromatic carbocycles. The lowest BCUT2D eigenvalue weighted by Gasteiger charge is -2.27. The van der Waals surface area contributed by atoms with Gasteiger partial charge >= 0.3 is 0 Å². The number of nitrogens with two attached hydrogens (primary N) is 1. The standard InChI is InChI=1S/C8H15N3O3/c1-5(10-6(2)12)11(7(3)13)4-8(9)14/h5H,4H2,1-3H3,(H2,9,14)(H,10,12). The normalized spacial score (nSPS) is 11.6. The lowest BCUT2D eigenvalue weighted by molar-refractivity contribution is -0.137. The van der Waals surface area contributed by atoms with E-state index < -0.39 is 12.1 Å². The minimum Gasteiger partial charge on any atom is -0.368 e. The molecule has 14 heavy (non-hydrogen) atoms. The second kappa shape index (κ2) is 5.21. The van der Waals surface area contributed by atoms with E-state index in [9.17, 15) is 14.4 Å². The molecule has 0 aliphatic heterocycles. The van der Waals surface area contributed by atoms with E-state index in [1.54, 1.807) is 6.92 Å². The van der Waals surface area contributed by atoms with E-state index in [-0.39, 0.29) is 18.4 Å². The molecule has 0 bridgehead atoms. The zero-order valence-corrected chi connectivity index (χ0v) is 8.53. The Labute approximate surface area is 82.4 Å². The molecular weight excluding hydrogens is 186 g/mol. The van der Waals surface area contributed by atoms with Gasteiger partial charge in [-0.05, 0) is 6.92 Å². The second-order valence-electron chi connectivity index (χ2n) is 2.99. The first kappa shape index (κ1) is 12.4. The average molecular weight is 201 g/mol. The smallest absolute Gasteiger partial charge is 0.237 e. The lowest BCUT2D eigenvalue weighted by atomic mass is 10.4. The van der Waals surface area contributed by atoms with Crippen LogP contribution in [0.1, 0.15) is 20.8 Å². The Morgan fingerprint density at radius 1 is 1.36 bits per heavy atom. The van der Waals surface area contributed by atoms with Gasteiger partial charge in [-0.2, -0.15) is 0 Å². The SMILES string of the molecule is CC(=O)NC(C)N(CC(N)=O)C(C)=O. The van der Waals surface area contributed by atoms with Crippen LogP contribution >= 0.6 is 0 Å². The largest absolute Gasteiger partial charge is 0.368 e. The van der Waals surface area contributed by atoms with E-state index >= 15 is 0 Å². The van der Waals surface area contributed by atoms with Gasteiger partial charge in [0.1, 0.15) is 12.7 Å². The van der Waals surface area contributed by atoms with Gasteiger partial charge in [0, 0.05) is 13.8 Å². The van der Waals surface area contributed by atoms with Gasteiger partial charge in [-0.3, -0.25) is 14.4 Å². The van der Waals surface area contributed by atoms with E-state index in [4.69, 9.17) is 5.73 Å².